The number of nitrogens with zero attached hydrogens (tertiary/aromatic N) is 1. The molecule has 5 heteroatoms. The van der Waals surface area contributed by atoms with E-state index >= 15 is 0 Å². The van der Waals surface area contributed by atoms with Gasteiger partial charge in [0.15, 0.2) is 0 Å². The van der Waals surface area contributed by atoms with Crippen LogP contribution in [-0.4, -0.2) is 46.1 Å². The maximum Gasteiger partial charge on any atom is 0.247 e. The first-order valence-electron chi connectivity index (χ1n) is 6.82. The molecular formula is C14H22N2O3. The molecule has 5 nitrogen and oxygen atoms in total. The highest BCUT2D eigenvalue weighted by atomic mass is 16.3. The normalized spacial score (nSPS) is 34.4. The summed E-state index contributed by atoms with van der Waals surface area (Å²) in [6.45, 7) is 7.94. The fourth-order valence-electron chi connectivity index (χ4n) is 3.16. The largest absolute Gasteiger partial charge is 0.391 e. The van der Waals surface area contributed by atoms with Gasteiger partial charge in [0.25, 0.3) is 0 Å². The van der Waals surface area contributed by atoms with E-state index in [0.717, 1.165) is 0 Å². The highest BCUT2D eigenvalue weighted by molar-refractivity contribution is 6.00. The van der Waals surface area contributed by atoms with Crippen LogP contribution in [0.1, 0.15) is 33.1 Å². The van der Waals surface area contributed by atoms with Gasteiger partial charge in [-0.3, -0.25) is 9.59 Å². The minimum absolute atomic E-state index is 0.0771. The van der Waals surface area contributed by atoms with Gasteiger partial charge in [0, 0.05) is 13.0 Å². The van der Waals surface area contributed by atoms with Crippen LogP contribution >= 0.6 is 0 Å². The Morgan fingerprint density at radius 1 is 1.58 bits per heavy atom. The Balaban J connectivity index is 2.29. The van der Waals surface area contributed by atoms with Gasteiger partial charge in [-0.15, -0.1) is 6.58 Å². The molecule has 2 fully saturated rings. The monoisotopic (exact) mass is 266 g/mol. The molecule has 0 bridgehead atoms. The molecule has 0 spiro atoms. The maximum atomic E-state index is 12.5. The van der Waals surface area contributed by atoms with Crippen LogP contribution in [0.25, 0.3) is 0 Å². The first-order valence-corrected chi connectivity index (χ1v) is 6.82. The van der Waals surface area contributed by atoms with Gasteiger partial charge >= 0.3 is 0 Å². The number of rotatable bonds is 4. The minimum atomic E-state index is -0.925. The molecule has 2 heterocycles. The Labute approximate surface area is 113 Å². The van der Waals surface area contributed by atoms with Crippen molar-refractivity contribution in [1.29, 1.82) is 0 Å². The lowest BCUT2D eigenvalue weighted by Crippen LogP contribution is -2.68. The van der Waals surface area contributed by atoms with E-state index in [0.29, 0.717) is 25.2 Å². The Morgan fingerprint density at radius 2 is 2.26 bits per heavy atom. The molecule has 0 saturated carbocycles. The van der Waals surface area contributed by atoms with Gasteiger partial charge in [-0.25, -0.2) is 0 Å². The van der Waals surface area contributed by atoms with Gasteiger partial charge in [-0.2, -0.15) is 0 Å². The molecule has 2 saturated heterocycles. The van der Waals surface area contributed by atoms with Crippen LogP contribution < -0.4 is 5.32 Å². The van der Waals surface area contributed by atoms with Crippen LogP contribution in [0.4, 0.5) is 0 Å². The number of β-amino-alcohol motifs (C(OH)–C–C–N with tert-alkyl or cyclic N) is 1. The first-order chi connectivity index (χ1) is 8.90. The number of nitrogens with one attached hydrogen (secondary N) is 1. The van der Waals surface area contributed by atoms with E-state index < -0.39 is 17.7 Å². The van der Waals surface area contributed by atoms with E-state index in [1.807, 2.05) is 13.8 Å². The number of hydrogen-bond donors (Lipinski definition) is 2. The van der Waals surface area contributed by atoms with E-state index in [1.54, 1.807) is 11.0 Å². The molecule has 2 unspecified atom stereocenters. The number of piperazine rings is 1. The van der Waals surface area contributed by atoms with Crippen molar-refractivity contribution >= 4 is 11.8 Å². The average Bonchev–Trinajstić information content (AvgIpc) is 2.64. The molecular weight excluding hydrogens is 244 g/mol. The molecule has 0 aromatic rings. The Hall–Kier alpha value is -1.36. The summed E-state index contributed by atoms with van der Waals surface area (Å²) in [6.07, 6.45) is 2.32. The summed E-state index contributed by atoms with van der Waals surface area (Å²) in [4.78, 5) is 26.4. The van der Waals surface area contributed by atoms with Crippen molar-refractivity contribution in [3.8, 4) is 0 Å². The van der Waals surface area contributed by atoms with Crippen molar-refractivity contribution in [3.63, 3.8) is 0 Å². The molecule has 2 aliphatic rings. The van der Waals surface area contributed by atoms with E-state index in [-0.39, 0.29) is 18.4 Å². The maximum absolute atomic E-state index is 12.5. The van der Waals surface area contributed by atoms with Crippen molar-refractivity contribution in [2.75, 3.05) is 6.54 Å². The first kappa shape index (κ1) is 14.1. The topological polar surface area (TPSA) is 69.6 Å². The number of carbonyl (C=O) groups excluding carboxylic acids is 2. The summed E-state index contributed by atoms with van der Waals surface area (Å²) in [6, 6.07) is -0.462. The number of amides is 2. The van der Waals surface area contributed by atoms with E-state index in [9.17, 15) is 14.7 Å². The number of aliphatic hydroxyl groups is 1. The van der Waals surface area contributed by atoms with Crippen molar-refractivity contribution in [2.24, 2.45) is 5.92 Å². The molecule has 0 radical (unpaired) electrons. The summed E-state index contributed by atoms with van der Waals surface area (Å²) in [5.74, 6) is 0.0922. The van der Waals surface area contributed by atoms with E-state index in [2.05, 4.69) is 11.9 Å². The van der Waals surface area contributed by atoms with Gasteiger partial charge in [0.1, 0.15) is 11.6 Å². The summed E-state index contributed by atoms with van der Waals surface area (Å²) in [7, 11) is 0. The average molecular weight is 266 g/mol. The fraction of sp³-hybridized carbons (Fsp3) is 0.714. The third-order valence-electron chi connectivity index (χ3n) is 3.96. The number of fused-ring (bicyclic) bond motifs is 1. The van der Waals surface area contributed by atoms with Crippen LogP contribution in [0.5, 0.6) is 0 Å². The highest BCUT2D eigenvalue weighted by Gasteiger charge is 2.56. The van der Waals surface area contributed by atoms with Crippen molar-refractivity contribution < 1.29 is 14.7 Å². The standard InChI is InChI=1S/C14H22N2O3/c1-4-5-14-7-10(17)8-16(14)12(18)11(6-9(2)3)15-13(14)19/h4,9-11,17H,1,5-8H2,2-3H3,(H,15,19)/t10-,11?,14?/m1/s1. The Kier molecular flexibility index (Phi) is 3.67. The third-order valence-corrected chi connectivity index (χ3v) is 3.96. The molecule has 2 N–H and O–H groups in total. The minimum Gasteiger partial charge on any atom is -0.391 e. The van der Waals surface area contributed by atoms with E-state index in [4.69, 9.17) is 0 Å². The second-order valence-electron chi connectivity index (χ2n) is 5.99. The van der Waals surface area contributed by atoms with Crippen LogP contribution in [-0.2, 0) is 9.59 Å². The zero-order valence-corrected chi connectivity index (χ0v) is 11.6. The summed E-state index contributed by atoms with van der Waals surface area (Å²) >= 11 is 0. The van der Waals surface area contributed by atoms with Crippen LogP contribution in [0, 0.1) is 5.92 Å². The van der Waals surface area contributed by atoms with Crippen LogP contribution in [0.15, 0.2) is 12.7 Å². The summed E-state index contributed by atoms with van der Waals surface area (Å²) < 4.78 is 0. The second kappa shape index (κ2) is 4.96. The van der Waals surface area contributed by atoms with Gasteiger partial charge in [0.2, 0.25) is 11.8 Å². The molecule has 2 aliphatic heterocycles. The highest BCUT2D eigenvalue weighted by Crippen LogP contribution is 2.37. The van der Waals surface area contributed by atoms with Gasteiger partial charge in [-0.05, 0) is 18.8 Å². The van der Waals surface area contributed by atoms with Crippen LogP contribution in [0.2, 0.25) is 0 Å². The lowest BCUT2D eigenvalue weighted by atomic mass is 9.86. The molecule has 2 amide bonds. The second-order valence-corrected chi connectivity index (χ2v) is 5.99. The molecule has 2 rings (SSSR count). The number of hydrogen-bond acceptors (Lipinski definition) is 3. The lowest BCUT2D eigenvalue weighted by molar-refractivity contribution is -0.154. The number of aliphatic hydroxyl groups excluding tert-OH is 1. The molecule has 0 aromatic carbocycles. The molecule has 3 atom stereocenters. The zero-order valence-electron chi connectivity index (χ0n) is 11.6. The molecule has 0 aliphatic carbocycles. The van der Waals surface area contributed by atoms with Crippen molar-refractivity contribution in [1.82, 2.24) is 10.2 Å². The van der Waals surface area contributed by atoms with Gasteiger partial charge in [-0.1, -0.05) is 19.9 Å². The molecule has 19 heavy (non-hydrogen) atoms. The van der Waals surface area contributed by atoms with Crippen molar-refractivity contribution in [2.45, 2.75) is 50.8 Å². The van der Waals surface area contributed by atoms with Crippen molar-refractivity contribution in [3.05, 3.63) is 12.7 Å². The Bertz CT molecular complexity index is 407. The molecule has 0 aromatic heterocycles. The summed E-state index contributed by atoms with van der Waals surface area (Å²) in [5.41, 5.74) is -0.925. The zero-order chi connectivity index (χ0) is 14.2. The van der Waals surface area contributed by atoms with Crippen LogP contribution in [0.3, 0.4) is 0 Å². The van der Waals surface area contributed by atoms with Gasteiger partial charge < -0.3 is 15.3 Å². The predicted octanol–water partition coefficient (Wildman–Crippen LogP) is 0.439. The SMILES string of the molecule is C=CCC12C[C@@H](O)CN1C(=O)C(CC(C)C)NC2=O. The summed E-state index contributed by atoms with van der Waals surface area (Å²) in [5, 5.41) is 12.7. The molecule has 106 valence electrons. The quantitative estimate of drug-likeness (QED) is 0.725. The fourth-order valence-corrected chi connectivity index (χ4v) is 3.16. The van der Waals surface area contributed by atoms with E-state index in [1.165, 1.54) is 0 Å². The number of carbonyl (C=O) groups is 2. The lowest BCUT2D eigenvalue weighted by Gasteiger charge is -2.43. The Morgan fingerprint density at radius 3 is 2.84 bits per heavy atom. The predicted molar refractivity (Wildman–Crippen MR) is 71.3 cm³/mol. The van der Waals surface area contributed by atoms with Gasteiger partial charge in [0.05, 0.1) is 6.10 Å². The smallest absolute Gasteiger partial charge is 0.247 e. The third kappa shape index (κ3) is 2.27.